The van der Waals surface area contributed by atoms with Crippen molar-refractivity contribution in [3.8, 4) is 0 Å². The quantitative estimate of drug-likeness (QED) is 0.652. The van der Waals surface area contributed by atoms with E-state index in [9.17, 15) is 0 Å². The van der Waals surface area contributed by atoms with Gasteiger partial charge < -0.3 is 0 Å². The summed E-state index contributed by atoms with van der Waals surface area (Å²) in [6.45, 7) is 4.32. The molecule has 19 heavy (non-hydrogen) atoms. The highest BCUT2D eigenvalue weighted by Crippen LogP contribution is 2.20. The van der Waals surface area contributed by atoms with Crippen LogP contribution < -0.4 is 0 Å². The van der Waals surface area contributed by atoms with Gasteiger partial charge in [-0.2, -0.15) is 0 Å². The van der Waals surface area contributed by atoms with Crippen LogP contribution in [0.3, 0.4) is 0 Å². The van der Waals surface area contributed by atoms with E-state index < -0.39 is 0 Å². The zero-order valence-corrected chi connectivity index (χ0v) is 11.4. The number of aromatic nitrogens is 1. The zero-order valence-electron chi connectivity index (χ0n) is 11.4. The van der Waals surface area contributed by atoms with Crippen LogP contribution in [0.2, 0.25) is 0 Å². The van der Waals surface area contributed by atoms with Crippen molar-refractivity contribution in [1.82, 2.24) is 4.98 Å². The van der Waals surface area contributed by atoms with Gasteiger partial charge >= 0.3 is 0 Å². The number of pyridine rings is 1. The van der Waals surface area contributed by atoms with Gasteiger partial charge in [0.2, 0.25) is 0 Å². The number of hydrogen-bond donors (Lipinski definition) is 0. The molecule has 0 radical (unpaired) electrons. The average molecular weight is 247 g/mol. The van der Waals surface area contributed by atoms with Gasteiger partial charge in [0.1, 0.15) is 0 Å². The second kappa shape index (κ2) is 4.85. The summed E-state index contributed by atoms with van der Waals surface area (Å²) in [5.41, 5.74) is 6.45. The summed E-state index contributed by atoms with van der Waals surface area (Å²) in [6.07, 6.45) is 2.81. The van der Waals surface area contributed by atoms with Crippen LogP contribution in [-0.2, 0) is 6.42 Å². The van der Waals surface area contributed by atoms with E-state index in [1.807, 2.05) is 12.3 Å². The maximum atomic E-state index is 4.52. The highest BCUT2D eigenvalue weighted by molar-refractivity contribution is 5.81. The highest BCUT2D eigenvalue weighted by atomic mass is 14.6. The van der Waals surface area contributed by atoms with Gasteiger partial charge in [0.05, 0.1) is 5.52 Å². The molecule has 0 saturated heterocycles. The van der Waals surface area contributed by atoms with Crippen molar-refractivity contribution in [3.05, 3.63) is 77.0 Å². The Kier molecular flexibility index (Phi) is 3.04. The van der Waals surface area contributed by atoms with Crippen LogP contribution in [-0.4, -0.2) is 4.98 Å². The number of nitrogens with zero attached hydrogens (tertiary/aromatic N) is 1. The fraction of sp³-hybridized carbons (Fsp3) is 0.167. The fourth-order valence-corrected chi connectivity index (χ4v) is 2.44. The van der Waals surface area contributed by atoms with Crippen molar-refractivity contribution in [2.45, 2.75) is 20.3 Å². The van der Waals surface area contributed by atoms with Gasteiger partial charge in [-0.3, -0.25) is 4.98 Å². The number of hydrogen-bond acceptors (Lipinski definition) is 1. The first-order valence-corrected chi connectivity index (χ1v) is 6.63. The Morgan fingerprint density at radius 3 is 2.58 bits per heavy atom. The van der Waals surface area contributed by atoms with Crippen molar-refractivity contribution in [2.75, 3.05) is 0 Å². The smallest absolute Gasteiger partial charge is 0.0737 e. The van der Waals surface area contributed by atoms with E-state index in [-0.39, 0.29) is 0 Å². The number of rotatable bonds is 2. The van der Waals surface area contributed by atoms with Crippen LogP contribution in [0.15, 0.2) is 54.7 Å². The summed E-state index contributed by atoms with van der Waals surface area (Å²) < 4.78 is 0. The summed E-state index contributed by atoms with van der Waals surface area (Å²) in [5, 5.41) is 1.21. The van der Waals surface area contributed by atoms with Crippen molar-refractivity contribution in [1.29, 1.82) is 0 Å². The molecular weight excluding hydrogens is 230 g/mol. The lowest BCUT2D eigenvalue weighted by atomic mass is 9.99. The first-order chi connectivity index (χ1) is 9.24. The molecule has 2 aromatic carbocycles. The van der Waals surface area contributed by atoms with Gasteiger partial charge in [0.25, 0.3) is 0 Å². The molecule has 1 nitrogen and oxygen atoms in total. The molecule has 0 aliphatic rings. The molecule has 0 bridgehead atoms. The van der Waals surface area contributed by atoms with Crippen molar-refractivity contribution < 1.29 is 0 Å². The van der Waals surface area contributed by atoms with E-state index in [1.165, 1.54) is 27.6 Å². The van der Waals surface area contributed by atoms with E-state index in [2.05, 4.69) is 61.3 Å². The van der Waals surface area contributed by atoms with Gasteiger partial charge in [-0.1, -0.05) is 42.5 Å². The molecular formula is C18H17N. The van der Waals surface area contributed by atoms with Gasteiger partial charge in [-0.05, 0) is 48.6 Å². The molecule has 1 aromatic heterocycles. The predicted octanol–water partition coefficient (Wildman–Crippen LogP) is 4.44. The molecule has 0 N–H and O–H groups in total. The van der Waals surface area contributed by atoms with E-state index in [4.69, 9.17) is 0 Å². The maximum absolute atomic E-state index is 4.52. The third-order valence-corrected chi connectivity index (χ3v) is 3.68. The number of fused-ring (bicyclic) bond motifs is 1. The van der Waals surface area contributed by atoms with E-state index >= 15 is 0 Å². The van der Waals surface area contributed by atoms with Gasteiger partial charge in [0.15, 0.2) is 0 Å². The lowest BCUT2D eigenvalue weighted by Gasteiger charge is -2.08. The fourth-order valence-electron chi connectivity index (χ4n) is 2.44. The molecule has 3 rings (SSSR count). The molecule has 94 valence electrons. The van der Waals surface area contributed by atoms with E-state index in [1.54, 1.807) is 0 Å². The van der Waals surface area contributed by atoms with Gasteiger partial charge in [-0.25, -0.2) is 0 Å². The van der Waals surface area contributed by atoms with Crippen LogP contribution in [0.4, 0.5) is 0 Å². The monoisotopic (exact) mass is 247 g/mol. The Morgan fingerprint density at radius 2 is 1.74 bits per heavy atom. The summed E-state index contributed by atoms with van der Waals surface area (Å²) in [6, 6.07) is 17.2. The molecule has 1 heterocycles. The van der Waals surface area contributed by atoms with Crippen molar-refractivity contribution in [3.63, 3.8) is 0 Å². The molecule has 0 amide bonds. The largest absolute Gasteiger partial charge is 0.256 e. The lowest BCUT2D eigenvalue weighted by molar-refractivity contribution is 1.17. The van der Waals surface area contributed by atoms with Gasteiger partial charge in [-0.15, -0.1) is 0 Å². The number of aryl methyl sites for hydroxylation is 2. The molecule has 0 spiro atoms. The Labute approximate surface area is 113 Å². The molecule has 1 heteroatoms. The first-order valence-electron chi connectivity index (χ1n) is 6.63. The minimum atomic E-state index is 0.940. The normalized spacial score (nSPS) is 10.8. The molecule has 0 aliphatic heterocycles. The van der Waals surface area contributed by atoms with Crippen LogP contribution in [0.25, 0.3) is 10.9 Å². The third-order valence-electron chi connectivity index (χ3n) is 3.68. The third kappa shape index (κ3) is 2.37. The summed E-state index contributed by atoms with van der Waals surface area (Å²) in [4.78, 5) is 4.52. The molecule has 0 unspecified atom stereocenters. The second-order valence-corrected chi connectivity index (χ2v) is 5.09. The maximum Gasteiger partial charge on any atom is 0.0737 e. The minimum Gasteiger partial charge on any atom is -0.256 e. The zero-order chi connectivity index (χ0) is 13.2. The Morgan fingerprint density at radius 1 is 0.895 bits per heavy atom. The number of para-hydroxylation sites is 1. The van der Waals surface area contributed by atoms with Gasteiger partial charge in [0, 0.05) is 11.6 Å². The van der Waals surface area contributed by atoms with Crippen LogP contribution in [0, 0.1) is 13.8 Å². The average Bonchev–Trinajstić information content (AvgIpc) is 2.43. The van der Waals surface area contributed by atoms with Crippen LogP contribution >= 0.6 is 0 Å². The van der Waals surface area contributed by atoms with Crippen LogP contribution in [0.5, 0.6) is 0 Å². The summed E-state index contributed by atoms with van der Waals surface area (Å²) in [7, 11) is 0. The minimum absolute atomic E-state index is 0.940. The predicted molar refractivity (Wildman–Crippen MR) is 80.5 cm³/mol. The molecule has 0 aliphatic carbocycles. The topological polar surface area (TPSA) is 12.9 Å². The Balaban J connectivity index is 2.03. The standard InChI is InChI=1S/C18H17N/c1-13-8-9-15(11-14(13)2)12-17-6-3-5-16-7-4-10-19-18(16)17/h3-11H,12H2,1-2H3. The SMILES string of the molecule is Cc1ccc(Cc2cccc3cccnc23)cc1C. The van der Waals surface area contributed by atoms with Crippen molar-refractivity contribution in [2.24, 2.45) is 0 Å². The van der Waals surface area contributed by atoms with Crippen LogP contribution in [0.1, 0.15) is 22.3 Å². The van der Waals surface area contributed by atoms with E-state index in [0.29, 0.717) is 0 Å². The molecule has 0 fully saturated rings. The lowest BCUT2D eigenvalue weighted by Crippen LogP contribution is -1.93. The molecule has 0 saturated carbocycles. The first kappa shape index (κ1) is 11.9. The Hall–Kier alpha value is -2.15. The Bertz CT molecular complexity index is 723. The molecule has 3 aromatic rings. The summed E-state index contributed by atoms with van der Waals surface area (Å²) >= 11 is 0. The van der Waals surface area contributed by atoms with E-state index in [0.717, 1.165) is 11.9 Å². The summed E-state index contributed by atoms with van der Waals surface area (Å²) in [5.74, 6) is 0. The number of benzene rings is 2. The second-order valence-electron chi connectivity index (χ2n) is 5.09. The molecule has 0 atom stereocenters. The highest BCUT2D eigenvalue weighted by Gasteiger charge is 2.03. The van der Waals surface area contributed by atoms with Crippen molar-refractivity contribution >= 4 is 10.9 Å².